The second kappa shape index (κ2) is 29.2. The molecule has 0 aliphatic carbocycles. The minimum Gasteiger partial charge on any atom is -0.322 e. The summed E-state index contributed by atoms with van der Waals surface area (Å²) in [6.45, 7) is 8.19. The van der Waals surface area contributed by atoms with Crippen LogP contribution in [0.25, 0.3) is 0 Å². The van der Waals surface area contributed by atoms with Gasteiger partial charge in [-0.3, -0.25) is 0 Å². The van der Waals surface area contributed by atoms with Gasteiger partial charge in [0.15, 0.2) is 0 Å². The molecule has 1 atom stereocenters. The summed E-state index contributed by atoms with van der Waals surface area (Å²) in [6.07, 6.45) is 3.41. The summed E-state index contributed by atoms with van der Waals surface area (Å²) in [5.41, 5.74) is 5.25. The van der Waals surface area contributed by atoms with Crippen LogP contribution in [0.1, 0.15) is 70.2 Å². The summed E-state index contributed by atoms with van der Waals surface area (Å²) in [6, 6.07) is -0.278. The van der Waals surface area contributed by atoms with E-state index in [1.807, 2.05) is 13.8 Å². The Morgan fingerprint density at radius 2 is 1.27 bits per heavy atom. The summed E-state index contributed by atoms with van der Waals surface area (Å²) in [5.74, 6) is 0.275. The molecule has 0 saturated carbocycles. The molecule has 0 radical (unpaired) electrons. The molecule has 0 bridgehead atoms. The van der Waals surface area contributed by atoms with Gasteiger partial charge in [-0.25, -0.2) is 0 Å². The van der Waals surface area contributed by atoms with Gasteiger partial charge in [0.2, 0.25) is 0 Å². The van der Waals surface area contributed by atoms with Crippen molar-refractivity contribution in [3.8, 4) is 0 Å². The zero-order valence-electron chi connectivity index (χ0n) is 8.13. The van der Waals surface area contributed by atoms with E-state index in [1.54, 1.807) is 0 Å². The molecule has 0 spiro atoms. The molecule has 2 N–H and O–H groups in total. The summed E-state index contributed by atoms with van der Waals surface area (Å²) < 4.78 is 0. The number of hydrogen-bond acceptors (Lipinski definition) is 2. The van der Waals surface area contributed by atoms with Gasteiger partial charge in [0.25, 0.3) is 0 Å². The molecule has 0 aromatic rings. The highest BCUT2D eigenvalue weighted by Crippen LogP contribution is 1.92. The van der Waals surface area contributed by atoms with Gasteiger partial charge in [0.1, 0.15) is 6.29 Å². The molecule has 0 aliphatic heterocycles. The third-order valence-electron chi connectivity index (χ3n) is 1.43. The lowest BCUT2D eigenvalue weighted by atomic mass is 10.1. The number of carbonyl (C=O) groups is 1. The van der Waals surface area contributed by atoms with E-state index in [2.05, 4.69) is 13.8 Å². The molecule has 0 saturated heterocycles. The zero-order chi connectivity index (χ0) is 9.28. The van der Waals surface area contributed by atoms with Gasteiger partial charge in [0, 0.05) is 0 Å². The molecule has 0 rings (SSSR count). The molecule has 15 heavy (non-hydrogen) atoms. The van der Waals surface area contributed by atoms with Crippen molar-refractivity contribution in [3.05, 3.63) is 0 Å². The normalized spacial score (nSPS) is 8.67. The van der Waals surface area contributed by atoms with Crippen molar-refractivity contribution < 1.29 is 4.79 Å². The fourth-order valence-electron chi connectivity index (χ4n) is 0.157. The van der Waals surface area contributed by atoms with E-state index in [0.717, 1.165) is 6.29 Å². The van der Waals surface area contributed by atoms with E-state index in [4.69, 9.17) is 5.73 Å². The topological polar surface area (TPSA) is 43.1 Å². The standard InChI is InChI=1S/C5H11NO.C4H10.4CH4/c1-4(2)5(6)3-7;1-3-4-2;;;;/h3-5H,6H2,1-2H3;3-4H2,1-2H3;4*1H4/t5-;;;;;/m0...../s1. The lowest BCUT2D eigenvalue weighted by Gasteiger charge is -2.04. The third kappa shape index (κ3) is 41.9. The Bertz CT molecular complexity index is 80.6. The molecule has 2 heteroatoms. The lowest BCUT2D eigenvalue weighted by molar-refractivity contribution is -0.109. The average molecular weight is 223 g/mol. The highest BCUT2D eigenvalue weighted by atomic mass is 16.1. The van der Waals surface area contributed by atoms with Crippen molar-refractivity contribution >= 4 is 6.29 Å². The van der Waals surface area contributed by atoms with Crippen LogP contribution in [-0.4, -0.2) is 12.3 Å². The Morgan fingerprint density at radius 3 is 1.27 bits per heavy atom. The minimum absolute atomic E-state index is 0. The smallest absolute Gasteiger partial charge is 0.136 e. The van der Waals surface area contributed by atoms with Gasteiger partial charge < -0.3 is 10.5 Å². The Kier molecular flexibility index (Phi) is 71.0. The van der Waals surface area contributed by atoms with Crippen LogP contribution in [0.3, 0.4) is 0 Å². The predicted octanol–water partition coefficient (Wildman–Crippen LogP) is 4.52. The van der Waals surface area contributed by atoms with Crippen LogP contribution in [0, 0.1) is 5.92 Å². The first-order chi connectivity index (χ1) is 5.09. The number of aldehydes is 1. The predicted molar refractivity (Wildman–Crippen MR) is 76.4 cm³/mol. The molecule has 0 fully saturated rings. The number of unbranched alkanes of at least 4 members (excludes halogenated alkanes) is 1. The van der Waals surface area contributed by atoms with Gasteiger partial charge in [-0.15, -0.1) is 0 Å². The maximum Gasteiger partial charge on any atom is 0.136 e. The number of nitrogens with two attached hydrogens (primary N) is 1. The molecular weight excluding hydrogens is 186 g/mol. The van der Waals surface area contributed by atoms with Crippen molar-refractivity contribution in [1.29, 1.82) is 0 Å². The van der Waals surface area contributed by atoms with E-state index in [1.165, 1.54) is 12.8 Å². The summed E-state index contributed by atoms with van der Waals surface area (Å²) >= 11 is 0. The van der Waals surface area contributed by atoms with Crippen LogP contribution in [-0.2, 0) is 4.79 Å². The minimum atomic E-state index is -0.278. The van der Waals surface area contributed by atoms with Crippen LogP contribution in [0.2, 0.25) is 0 Å². The summed E-state index contributed by atoms with van der Waals surface area (Å²) in [5, 5.41) is 0. The van der Waals surface area contributed by atoms with Crippen molar-refractivity contribution in [3.63, 3.8) is 0 Å². The van der Waals surface area contributed by atoms with Crippen molar-refractivity contribution in [2.24, 2.45) is 11.7 Å². The molecule has 0 aromatic carbocycles. The highest BCUT2D eigenvalue weighted by molar-refractivity contribution is 5.57. The second-order valence-electron chi connectivity index (χ2n) is 2.96. The van der Waals surface area contributed by atoms with Crippen LogP contribution >= 0.6 is 0 Å². The first-order valence-corrected chi connectivity index (χ1v) is 4.30. The van der Waals surface area contributed by atoms with Crippen LogP contribution < -0.4 is 5.73 Å². The fraction of sp³-hybridized carbons (Fsp3) is 0.923. The highest BCUT2D eigenvalue weighted by Gasteiger charge is 2.02. The molecule has 0 amide bonds. The lowest BCUT2D eigenvalue weighted by Crippen LogP contribution is -2.27. The van der Waals surface area contributed by atoms with Crippen molar-refractivity contribution in [2.45, 2.75) is 76.3 Å². The van der Waals surface area contributed by atoms with Crippen molar-refractivity contribution in [1.82, 2.24) is 0 Å². The number of hydrogen-bond donors (Lipinski definition) is 1. The maximum atomic E-state index is 9.82. The molecule has 0 aliphatic rings. The first kappa shape index (κ1) is 36.5. The Labute approximate surface area is 99.6 Å². The van der Waals surface area contributed by atoms with Gasteiger partial charge in [-0.2, -0.15) is 0 Å². The van der Waals surface area contributed by atoms with Crippen LogP contribution in [0.15, 0.2) is 0 Å². The van der Waals surface area contributed by atoms with Gasteiger partial charge in [0.05, 0.1) is 6.04 Å². The first-order valence-electron chi connectivity index (χ1n) is 4.30. The van der Waals surface area contributed by atoms with Gasteiger partial charge in [-0.05, 0) is 5.92 Å². The van der Waals surface area contributed by atoms with Crippen LogP contribution in [0.4, 0.5) is 0 Å². The molecule has 0 unspecified atom stereocenters. The molecule has 2 nitrogen and oxygen atoms in total. The number of carbonyl (C=O) groups excluding carboxylic acids is 1. The Morgan fingerprint density at radius 1 is 1.00 bits per heavy atom. The second-order valence-corrected chi connectivity index (χ2v) is 2.96. The summed E-state index contributed by atoms with van der Waals surface area (Å²) in [7, 11) is 0. The molecule has 0 heterocycles. The largest absolute Gasteiger partial charge is 0.322 e. The quantitative estimate of drug-likeness (QED) is 0.715. The maximum absolute atomic E-state index is 9.82. The van der Waals surface area contributed by atoms with Gasteiger partial charge in [-0.1, -0.05) is 70.2 Å². The van der Waals surface area contributed by atoms with E-state index in [0.29, 0.717) is 0 Å². The third-order valence-corrected chi connectivity index (χ3v) is 1.43. The SMILES string of the molecule is C.C.C.C.CC(C)[C@@H](N)C=O.CCCC. The van der Waals surface area contributed by atoms with E-state index in [-0.39, 0.29) is 41.7 Å². The molecule has 100 valence electrons. The summed E-state index contributed by atoms with van der Waals surface area (Å²) in [4.78, 5) is 9.82. The fourth-order valence-corrected chi connectivity index (χ4v) is 0.157. The Hall–Kier alpha value is -0.370. The van der Waals surface area contributed by atoms with E-state index >= 15 is 0 Å². The average Bonchev–Trinajstić information content (AvgIpc) is 2.03. The van der Waals surface area contributed by atoms with Crippen LogP contribution in [0.5, 0.6) is 0 Å². The zero-order valence-corrected chi connectivity index (χ0v) is 8.13. The van der Waals surface area contributed by atoms with Gasteiger partial charge >= 0.3 is 0 Å². The van der Waals surface area contributed by atoms with E-state index in [9.17, 15) is 4.79 Å². The van der Waals surface area contributed by atoms with E-state index < -0.39 is 0 Å². The number of rotatable bonds is 3. The monoisotopic (exact) mass is 223 g/mol. The van der Waals surface area contributed by atoms with Crippen molar-refractivity contribution in [2.75, 3.05) is 0 Å². The Balaban J connectivity index is -0.0000000230. The molecule has 0 aromatic heterocycles. The molecular formula is C13H37NO.